The first-order valence-electron chi connectivity index (χ1n) is 25.4. The number of fused-ring (bicyclic) bond motifs is 14. The zero-order valence-corrected chi connectivity index (χ0v) is 40.7. The Morgan fingerprint density at radius 3 is 1.66 bits per heavy atom. The Morgan fingerprint density at radius 1 is 0.370 bits per heavy atom. The summed E-state index contributed by atoms with van der Waals surface area (Å²) in [7, 11) is 0. The van der Waals surface area contributed by atoms with Gasteiger partial charge in [-0.2, -0.15) is 0 Å². The van der Waals surface area contributed by atoms with Gasteiger partial charge in [0, 0.05) is 37.6 Å². The lowest BCUT2D eigenvalue weighted by atomic mass is 9.69. The number of para-hydroxylation sites is 2. The number of furan rings is 1. The van der Waals surface area contributed by atoms with Crippen molar-refractivity contribution in [2.45, 2.75) is 17.8 Å². The van der Waals surface area contributed by atoms with Crippen LogP contribution in [0.4, 0.5) is 0 Å². The molecule has 1 nitrogen and oxygen atoms in total. The van der Waals surface area contributed by atoms with Crippen molar-refractivity contribution in [3.8, 4) is 65.4 Å². The monoisotopic (exact) mass is 946 g/mol. The van der Waals surface area contributed by atoms with Crippen LogP contribution in [0.5, 0.6) is 0 Å². The molecule has 2 aromatic heterocycles. The predicted molar refractivity (Wildman–Crippen MR) is 306 cm³/mol. The smallest absolute Gasteiger partial charge is 0.143 e. The summed E-state index contributed by atoms with van der Waals surface area (Å²) in [4.78, 5) is 2.66. The maximum Gasteiger partial charge on any atom is 0.143 e. The third-order valence-corrected chi connectivity index (χ3v) is 17.2. The van der Waals surface area contributed by atoms with Crippen LogP contribution >= 0.6 is 11.3 Å². The molecule has 11 aromatic carbocycles. The van der Waals surface area contributed by atoms with Crippen LogP contribution in [0, 0.1) is 0 Å². The van der Waals surface area contributed by atoms with E-state index in [0.29, 0.717) is 0 Å². The average molecular weight is 947 g/mol. The Morgan fingerprint density at radius 2 is 0.904 bits per heavy atom. The van der Waals surface area contributed by atoms with Gasteiger partial charge in [-0.3, -0.25) is 0 Å². The summed E-state index contributed by atoms with van der Waals surface area (Å²) < 4.78 is 6.54. The molecule has 0 saturated heterocycles. The summed E-state index contributed by atoms with van der Waals surface area (Å²) >= 11 is 1.95. The normalized spacial score (nSPS) is 14.6. The Kier molecular flexibility index (Phi) is 9.55. The van der Waals surface area contributed by atoms with E-state index in [4.69, 9.17) is 4.42 Å². The van der Waals surface area contributed by atoms with Gasteiger partial charge in [0.2, 0.25) is 0 Å². The average Bonchev–Trinajstić information content (AvgIpc) is 4.32. The fourth-order valence-corrected chi connectivity index (χ4v) is 14.1. The van der Waals surface area contributed by atoms with Crippen LogP contribution in [0.15, 0.2) is 265 Å². The number of hydrogen-bond donors (Lipinski definition) is 0. The Balaban J connectivity index is 0.905. The summed E-state index contributed by atoms with van der Waals surface area (Å²) in [5.41, 5.74) is 23.3. The zero-order chi connectivity index (χ0) is 48.0. The Labute approximate surface area is 429 Å². The molecule has 342 valence electrons. The van der Waals surface area contributed by atoms with E-state index >= 15 is 0 Å². The minimum absolute atomic E-state index is 0.0764. The van der Waals surface area contributed by atoms with Crippen molar-refractivity contribution < 1.29 is 4.42 Å². The van der Waals surface area contributed by atoms with Gasteiger partial charge >= 0.3 is 0 Å². The summed E-state index contributed by atoms with van der Waals surface area (Å²) in [6.45, 7) is 0. The molecule has 2 aliphatic rings. The molecule has 0 fully saturated rings. The lowest BCUT2D eigenvalue weighted by molar-refractivity contribution is 0.670. The number of benzene rings is 11. The van der Waals surface area contributed by atoms with Crippen molar-refractivity contribution in [1.29, 1.82) is 0 Å². The van der Waals surface area contributed by atoms with E-state index < -0.39 is 5.41 Å². The highest BCUT2D eigenvalue weighted by atomic mass is 32.1. The molecule has 0 radical (unpaired) electrons. The predicted octanol–water partition coefficient (Wildman–Crippen LogP) is 19.2. The standard InChI is InChI=1S/C71H46OS/c1-3-18-51(19-4-1)69-66-60-26-10-13-31-63(60)71(67(66)70(73-69)52-20-5-2-6-21-52)62-30-12-9-24-56(62)57-42-33-45(44-64(57)71)43-61(49-38-34-47(35-39-49)54-27-15-22-46-17-7-8-23-53(46)54)50-40-36-48(37-41-50)55-28-16-29-59-58-25-11-14-32-65(58)72-68(55)59/h1-42,44,61H,43H2. The second-order valence-electron chi connectivity index (χ2n) is 19.8. The summed E-state index contributed by atoms with van der Waals surface area (Å²) in [6.07, 6.45) is 0.824. The molecule has 0 saturated carbocycles. The van der Waals surface area contributed by atoms with Crippen LogP contribution in [0.25, 0.3) is 98.1 Å². The van der Waals surface area contributed by atoms with Gasteiger partial charge in [0.1, 0.15) is 11.2 Å². The van der Waals surface area contributed by atoms with Gasteiger partial charge in [-0.05, 0) is 107 Å². The number of hydrogen-bond acceptors (Lipinski definition) is 2. The lowest BCUT2D eigenvalue weighted by Crippen LogP contribution is -2.26. The van der Waals surface area contributed by atoms with Gasteiger partial charge in [0.15, 0.2) is 0 Å². The van der Waals surface area contributed by atoms with Crippen molar-refractivity contribution in [2.24, 2.45) is 0 Å². The largest absolute Gasteiger partial charge is 0.455 e. The van der Waals surface area contributed by atoms with Crippen LogP contribution in [-0.2, 0) is 11.8 Å². The highest BCUT2D eigenvalue weighted by molar-refractivity contribution is 7.19. The van der Waals surface area contributed by atoms with Crippen molar-refractivity contribution in [1.82, 2.24) is 0 Å². The van der Waals surface area contributed by atoms with Crippen LogP contribution < -0.4 is 0 Å². The van der Waals surface area contributed by atoms with Gasteiger partial charge < -0.3 is 4.42 Å². The lowest BCUT2D eigenvalue weighted by Gasteiger charge is -2.31. The van der Waals surface area contributed by atoms with E-state index in [0.717, 1.165) is 39.5 Å². The highest BCUT2D eigenvalue weighted by Crippen LogP contribution is 2.68. The molecule has 0 aliphatic heterocycles. The Hall–Kier alpha value is -8.82. The number of thiophene rings is 1. The molecule has 73 heavy (non-hydrogen) atoms. The fraction of sp³-hybridized carbons (Fsp3) is 0.0423. The Bertz CT molecular complexity index is 4270. The third-order valence-electron chi connectivity index (χ3n) is 15.9. The van der Waals surface area contributed by atoms with Gasteiger partial charge in [-0.15, -0.1) is 11.3 Å². The molecule has 0 bridgehead atoms. The molecule has 15 rings (SSSR count). The van der Waals surface area contributed by atoms with Gasteiger partial charge in [-0.25, -0.2) is 0 Å². The number of rotatable bonds is 8. The maximum atomic E-state index is 6.54. The van der Waals surface area contributed by atoms with E-state index in [1.807, 2.05) is 17.4 Å². The quantitative estimate of drug-likeness (QED) is 0.148. The van der Waals surface area contributed by atoms with E-state index in [9.17, 15) is 0 Å². The zero-order valence-electron chi connectivity index (χ0n) is 39.9. The van der Waals surface area contributed by atoms with Gasteiger partial charge in [0.25, 0.3) is 0 Å². The summed E-state index contributed by atoms with van der Waals surface area (Å²) in [6, 6.07) is 97.0. The summed E-state index contributed by atoms with van der Waals surface area (Å²) in [5.74, 6) is 0.0764. The SMILES string of the molecule is c1ccc(-c2sc(-c3ccccc3)c3c2-c2ccccc2C32c3ccccc3-c3ccc(CC(c4ccc(-c5cccc6ccccc56)cc4)c4ccc(-c5cccc6c5oc5ccccc56)cc4)cc32)cc1. The molecule has 0 amide bonds. The molecular weight excluding hydrogens is 901 g/mol. The van der Waals surface area contributed by atoms with E-state index in [1.54, 1.807) is 0 Å². The molecule has 13 aromatic rings. The van der Waals surface area contributed by atoms with Gasteiger partial charge in [-0.1, -0.05) is 255 Å². The van der Waals surface area contributed by atoms with Crippen LogP contribution in [0.1, 0.15) is 44.9 Å². The van der Waals surface area contributed by atoms with E-state index in [1.165, 1.54) is 104 Å². The molecule has 2 heterocycles. The van der Waals surface area contributed by atoms with Crippen molar-refractivity contribution >= 4 is 44.0 Å². The molecular formula is C71H46OS. The van der Waals surface area contributed by atoms with Gasteiger partial charge in [0.05, 0.1) is 5.41 Å². The van der Waals surface area contributed by atoms with Crippen LogP contribution in [0.3, 0.4) is 0 Å². The summed E-state index contributed by atoms with van der Waals surface area (Å²) in [5, 5.41) is 4.81. The molecule has 2 atom stereocenters. The molecule has 2 heteroatoms. The molecule has 2 unspecified atom stereocenters. The fourth-order valence-electron chi connectivity index (χ4n) is 12.7. The molecule has 0 N–H and O–H groups in total. The van der Waals surface area contributed by atoms with Crippen molar-refractivity contribution in [3.63, 3.8) is 0 Å². The van der Waals surface area contributed by atoms with Crippen LogP contribution in [0.2, 0.25) is 0 Å². The topological polar surface area (TPSA) is 13.1 Å². The van der Waals surface area contributed by atoms with Crippen LogP contribution in [-0.4, -0.2) is 0 Å². The van der Waals surface area contributed by atoms with E-state index in [2.05, 4.69) is 255 Å². The minimum atomic E-state index is -0.516. The first kappa shape index (κ1) is 41.9. The second kappa shape index (κ2) is 16.6. The van der Waals surface area contributed by atoms with E-state index in [-0.39, 0.29) is 5.92 Å². The minimum Gasteiger partial charge on any atom is -0.455 e. The first-order valence-corrected chi connectivity index (χ1v) is 26.2. The van der Waals surface area contributed by atoms with Crippen molar-refractivity contribution in [2.75, 3.05) is 0 Å². The molecule has 1 spiro atoms. The van der Waals surface area contributed by atoms with Crippen molar-refractivity contribution in [3.05, 3.63) is 300 Å². The second-order valence-corrected chi connectivity index (χ2v) is 20.8. The third kappa shape index (κ3) is 6.40. The maximum absolute atomic E-state index is 6.54. The first-order chi connectivity index (χ1) is 36.2. The highest BCUT2D eigenvalue weighted by Gasteiger charge is 2.54. The molecule has 2 aliphatic carbocycles.